The molecule has 0 radical (unpaired) electrons. The van der Waals surface area contributed by atoms with E-state index in [1.165, 1.54) is 8.35 Å². The molecule has 1 aliphatic rings. The van der Waals surface area contributed by atoms with Gasteiger partial charge in [0.15, 0.2) is 0 Å². The van der Waals surface area contributed by atoms with Gasteiger partial charge in [-0.1, -0.05) is 0 Å². The SMILES string of the molecule is C[CH2][In]1[CH2]C=C[CH]1C(=O)Cl. The van der Waals surface area contributed by atoms with Crippen molar-refractivity contribution in [3.05, 3.63) is 12.2 Å². The molecule has 0 saturated carbocycles. The Bertz CT molecular complexity index is 167. The number of allylic oxidation sites excluding steroid dienone is 2. The zero-order valence-electron chi connectivity index (χ0n) is 6.01. The molecule has 0 aromatic rings. The fourth-order valence-corrected chi connectivity index (χ4v) is 9.74. The van der Waals surface area contributed by atoms with Gasteiger partial charge in [-0.3, -0.25) is 0 Å². The van der Waals surface area contributed by atoms with Gasteiger partial charge in [-0.2, -0.15) is 0 Å². The molecule has 0 N–H and O–H groups in total. The van der Waals surface area contributed by atoms with Gasteiger partial charge in [0.05, 0.1) is 0 Å². The van der Waals surface area contributed by atoms with Crippen LogP contribution in [-0.4, -0.2) is 26.7 Å². The zero-order chi connectivity index (χ0) is 7.56. The predicted octanol–water partition coefficient (Wildman–Crippen LogP) is 2.21. The van der Waals surface area contributed by atoms with Crippen LogP contribution in [0.1, 0.15) is 6.92 Å². The Labute approximate surface area is 74.0 Å². The van der Waals surface area contributed by atoms with E-state index in [-0.39, 0.29) is 8.92 Å². The minimum absolute atomic E-state index is 0.114. The van der Waals surface area contributed by atoms with E-state index in [4.69, 9.17) is 11.6 Å². The van der Waals surface area contributed by atoms with E-state index in [9.17, 15) is 4.79 Å². The molecule has 1 aliphatic heterocycles. The first-order chi connectivity index (χ1) is 4.75. The van der Waals surface area contributed by atoms with E-state index in [1.807, 2.05) is 6.08 Å². The molecule has 10 heavy (non-hydrogen) atoms. The molecule has 0 fully saturated rings. The Balaban J connectivity index is 2.57. The van der Waals surface area contributed by atoms with Crippen LogP contribution >= 0.6 is 11.6 Å². The van der Waals surface area contributed by atoms with Gasteiger partial charge in [-0.05, 0) is 0 Å². The van der Waals surface area contributed by atoms with E-state index in [0.717, 1.165) is 0 Å². The molecular weight excluding hydrogens is 250 g/mol. The fourth-order valence-electron chi connectivity index (χ4n) is 1.39. The van der Waals surface area contributed by atoms with Crippen LogP contribution < -0.4 is 0 Å². The maximum atomic E-state index is 10.8. The van der Waals surface area contributed by atoms with Gasteiger partial charge < -0.3 is 0 Å². The molecule has 3 heteroatoms. The van der Waals surface area contributed by atoms with Crippen molar-refractivity contribution >= 4 is 38.3 Å². The van der Waals surface area contributed by atoms with Crippen molar-refractivity contribution in [2.45, 2.75) is 19.0 Å². The molecule has 1 atom stereocenters. The van der Waals surface area contributed by atoms with Crippen LogP contribution in [0.4, 0.5) is 0 Å². The van der Waals surface area contributed by atoms with E-state index >= 15 is 0 Å². The van der Waals surface area contributed by atoms with E-state index < -0.39 is 21.4 Å². The maximum absolute atomic E-state index is 10.8. The first-order valence-electron chi connectivity index (χ1n) is 3.61. The zero-order valence-corrected chi connectivity index (χ0v) is 10.1. The molecule has 54 valence electrons. The topological polar surface area (TPSA) is 17.1 Å². The molecule has 0 spiro atoms. The number of hydrogen-bond donors (Lipinski definition) is 0. The Morgan fingerprint density at radius 3 is 3.00 bits per heavy atom. The Kier molecular flexibility index (Phi) is 3.31. The van der Waals surface area contributed by atoms with Crippen LogP contribution in [0, 0.1) is 0 Å². The molecule has 1 heterocycles. The van der Waals surface area contributed by atoms with Crippen molar-refractivity contribution in [3.63, 3.8) is 0 Å². The Morgan fingerprint density at radius 2 is 2.60 bits per heavy atom. The summed E-state index contributed by atoms with van der Waals surface area (Å²) in [5.74, 6) is 0. The average Bonchev–Trinajstić information content (AvgIpc) is 2.33. The van der Waals surface area contributed by atoms with Crippen molar-refractivity contribution in [3.8, 4) is 0 Å². The van der Waals surface area contributed by atoms with Gasteiger partial charge in [-0.15, -0.1) is 0 Å². The van der Waals surface area contributed by atoms with Crippen LogP contribution in [-0.2, 0) is 4.79 Å². The average molecular weight is 260 g/mol. The van der Waals surface area contributed by atoms with Gasteiger partial charge in [0, 0.05) is 0 Å². The van der Waals surface area contributed by atoms with Crippen molar-refractivity contribution in [1.29, 1.82) is 0 Å². The third-order valence-corrected chi connectivity index (χ3v) is 12.8. The molecule has 0 aromatic carbocycles. The molecule has 0 amide bonds. The third kappa shape index (κ3) is 1.79. The predicted molar refractivity (Wildman–Crippen MR) is 44.8 cm³/mol. The van der Waals surface area contributed by atoms with Crippen molar-refractivity contribution in [2.75, 3.05) is 0 Å². The van der Waals surface area contributed by atoms with Crippen molar-refractivity contribution < 1.29 is 4.79 Å². The first-order valence-corrected chi connectivity index (χ1v) is 10.6. The second-order valence-electron chi connectivity index (χ2n) is 2.66. The van der Waals surface area contributed by atoms with E-state index in [2.05, 4.69) is 13.0 Å². The normalized spacial score (nSPS) is 23.8. The van der Waals surface area contributed by atoms with Gasteiger partial charge in [0.25, 0.3) is 0 Å². The monoisotopic (exact) mass is 260 g/mol. The second kappa shape index (κ2) is 3.82. The fraction of sp³-hybridized carbons (Fsp3) is 0.571. The number of rotatable bonds is 2. The van der Waals surface area contributed by atoms with Gasteiger partial charge in [0.1, 0.15) is 0 Å². The van der Waals surface area contributed by atoms with Gasteiger partial charge in [0.2, 0.25) is 0 Å². The van der Waals surface area contributed by atoms with Crippen LogP contribution in [0.3, 0.4) is 0 Å². The summed E-state index contributed by atoms with van der Waals surface area (Å²) in [5.41, 5.74) is 0. The summed E-state index contributed by atoms with van der Waals surface area (Å²) >= 11 is 3.93. The van der Waals surface area contributed by atoms with Crippen LogP contribution in [0.25, 0.3) is 0 Å². The molecule has 0 saturated heterocycles. The molecular formula is C7H10ClInO. The quantitative estimate of drug-likeness (QED) is 0.549. The summed E-state index contributed by atoms with van der Waals surface area (Å²) in [6.45, 7) is 2.18. The summed E-state index contributed by atoms with van der Waals surface area (Å²) < 4.78 is 2.67. The summed E-state index contributed by atoms with van der Waals surface area (Å²) in [6.07, 6.45) is 4.15. The van der Waals surface area contributed by atoms with Crippen LogP contribution in [0.2, 0.25) is 12.0 Å². The molecule has 1 rings (SSSR count). The van der Waals surface area contributed by atoms with Gasteiger partial charge in [-0.25, -0.2) is 0 Å². The number of halogens is 1. The summed E-state index contributed by atoms with van der Waals surface area (Å²) in [6, 6.07) is 0. The number of carbonyl (C=O) groups is 1. The molecule has 1 unspecified atom stereocenters. The van der Waals surface area contributed by atoms with Crippen LogP contribution in [0.15, 0.2) is 12.2 Å². The molecule has 0 bridgehead atoms. The molecule has 0 aromatic heterocycles. The standard InChI is InChI=1S/C5H5ClO.C2H5.In/c1-2-3-4-5(6)7;1-2;/h2-4H,1H2;1H2,2H3;. The summed E-state index contributed by atoms with van der Waals surface area (Å²) in [5, 5.41) is -0.114. The van der Waals surface area contributed by atoms with E-state index in [1.54, 1.807) is 0 Å². The first kappa shape index (κ1) is 8.66. The number of hydrogen-bond acceptors (Lipinski definition) is 1. The molecule has 1 nitrogen and oxygen atoms in total. The second-order valence-corrected chi connectivity index (χ2v) is 13.1. The van der Waals surface area contributed by atoms with Crippen molar-refractivity contribution in [2.24, 2.45) is 0 Å². The third-order valence-electron chi connectivity index (χ3n) is 2.08. The van der Waals surface area contributed by atoms with E-state index in [0.29, 0.717) is 0 Å². The van der Waals surface area contributed by atoms with Crippen LogP contribution in [0.5, 0.6) is 0 Å². The Morgan fingerprint density at radius 1 is 1.90 bits per heavy atom. The summed E-state index contributed by atoms with van der Waals surface area (Å²) in [7, 11) is 0. The van der Waals surface area contributed by atoms with Crippen molar-refractivity contribution in [1.82, 2.24) is 0 Å². The van der Waals surface area contributed by atoms with Gasteiger partial charge >= 0.3 is 74.2 Å². The molecule has 0 aliphatic carbocycles. The number of carbonyl (C=O) groups excluding carboxylic acids is 1. The Hall–Kier alpha value is 0.570. The summed E-state index contributed by atoms with van der Waals surface area (Å²) in [4.78, 5) is 10.8. The minimum atomic E-state index is -1.49.